The molecule has 1 aromatic heterocycles. The van der Waals surface area contributed by atoms with Gasteiger partial charge in [0.1, 0.15) is 11.4 Å². The number of nitrogens with zero attached hydrogens (tertiary/aromatic N) is 3. The average molecular weight is 442 g/mol. The summed E-state index contributed by atoms with van der Waals surface area (Å²) in [7, 11) is -2.21. The van der Waals surface area contributed by atoms with E-state index in [1.165, 1.54) is 10.2 Å². The quantitative estimate of drug-likeness (QED) is 0.548. The van der Waals surface area contributed by atoms with Gasteiger partial charge in [0.15, 0.2) is 0 Å². The minimum atomic E-state index is -3.81. The topological polar surface area (TPSA) is 74.1 Å². The summed E-state index contributed by atoms with van der Waals surface area (Å²) in [5.41, 5.74) is 4.37. The fourth-order valence-electron chi connectivity index (χ4n) is 3.68. The van der Waals surface area contributed by atoms with Gasteiger partial charge in [0, 0.05) is 0 Å². The van der Waals surface area contributed by atoms with Crippen molar-refractivity contribution in [2.75, 3.05) is 7.11 Å². The van der Waals surface area contributed by atoms with Crippen LogP contribution < -0.4 is 4.74 Å². The summed E-state index contributed by atoms with van der Waals surface area (Å²) >= 11 is 0. The molecule has 0 aliphatic heterocycles. The first-order chi connectivity index (χ1) is 14.4. The number of benzene rings is 2. The van der Waals surface area contributed by atoms with Crippen molar-refractivity contribution >= 4 is 9.84 Å². The Morgan fingerprint density at radius 1 is 1.03 bits per heavy atom. The van der Waals surface area contributed by atoms with E-state index in [1.54, 1.807) is 26.2 Å². The van der Waals surface area contributed by atoms with Crippen LogP contribution in [0.2, 0.25) is 0 Å². The summed E-state index contributed by atoms with van der Waals surface area (Å²) < 4.78 is 33.7. The van der Waals surface area contributed by atoms with Crippen LogP contribution >= 0.6 is 0 Å². The van der Waals surface area contributed by atoms with Crippen LogP contribution in [0.15, 0.2) is 46.3 Å². The lowest BCUT2D eigenvalue weighted by Crippen LogP contribution is -2.12. The number of ether oxygens (including phenoxy) is 1. The van der Waals surface area contributed by atoms with Crippen molar-refractivity contribution in [3.8, 4) is 11.4 Å². The zero-order chi connectivity index (χ0) is 23.1. The van der Waals surface area contributed by atoms with Gasteiger partial charge in [-0.25, -0.2) is 13.1 Å². The number of hydrogen-bond donors (Lipinski definition) is 0. The average Bonchev–Trinajstić information content (AvgIpc) is 3.09. The molecule has 0 radical (unpaired) electrons. The first-order valence-corrected chi connectivity index (χ1v) is 11.8. The molecular formula is C24H31N3O3S. The Morgan fingerprint density at radius 2 is 1.65 bits per heavy atom. The van der Waals surface area contributed by atoms with Crippen LogP contribution in [0, 0.1) is 13.8 Å². The molecule has 31 heavy (non-hydrogen) atoms. The van der Waals surface area contributed by atoms with E-state index < -0.39 is 9.84 Å². The van der Waals surface area contributed by atoms with Gasteiger partial charge in [-0.3, -0.25) is 0 Å². The first kappa shape index (κ1) is 23.0. The van der Waals surface area contributed by atoms with Gasteiger partial charge in [0.05, 0.1) is 17.7 Å². The lowest BCUT2D eigenvalue weighted by Gasteiger charge is -2.19. The molecule has 1 heterocycles. The SMILES string of the molecule is COc1cc(C(C)C)c(C)cc1-n1nnc(S(=O)(=O)c2ccc(C(C)(C)C)cc2)c1C. The van der Waals surface area contributed by atoms with Crippen molar-refractivity contribution in [2.45, 2.75) is 69.7 Å². The van der Waals surface area contributed by atoms with E-state index in [0.717, 1.165) is 11.1 Å². The molecule has 166 valence electrons. The second-order valence-electron chi connectivity index (χ2n) is 9.20. The van der Waals surface area contributed by atoms with Crippen LogP contribution in [0.5, 0.6) is 5.75 Å². The Labute approximate surface area is 185 Å². The molecule has 0 saturated carbocycles. The molecule has 0 N–H and O–H groups in total. The second-order valence-corrected chi connectivity index (χ2v) is 11.1. The summed E-state index contributed by atoms with van der Waals surface area (Å²) in [4.78, 5) is 0.203. The van der Waals surface area contributed by atoms with Crippen LogP contribution in [0.25, 0.3) is 5.69 Å². The second kappa shape index (κ2) is 8.11. The number of aromatic nitrogens is 3. The summed E-state index contributed by atoms with van der Waals surface area (Å²) in [6.07, 6.45) is 0. The number of aryl methyl sites for hydroxylation is 1. The van der Waals surface area contributed by atoms with Crippen LogP contribution in [0.1, 0.15) is 62.9 Å². The van der Waals surface area contributed by atoms with Gasteiger partial charge < -0.3 is 4.74 Å². The van der Waals surface area contributed by atoms with Gasteiger partial charge in [-0.2, -0.15) is 0 Å². The minimum absolute atomic E-state index is 0.0522. The molecule has 0 unspecified atom stereocenters. The van der Waals surface area contributed by atoms with Crippen LogP contribution in [0.4, 0.5) is 0 Å². The Balaban J connectivity index is 2.09. The molecule has 0 atom stereocenters. The zero-order valence-electron chi connectivity index (χ0n) is 19.5. The van der Waals surface area contributed by atoms with Gasteiger partial charge in [-0.1, -0.05) is 52.0 Å². The highest BCUT2D eigenvalue weighted by Crippen LogP contribution is 2.33. The third-order valence-corrected chi connectivity index (χ3v) is 7.33. The van der Waals surface area contributed by atoms with Crippen LogP contribution in [0.3, 0.4) is 0 Å². The van der Waals surface area contributed by atoms with E-state index in [4.69, 9.17) is 4.74 Å². The fourth-order valence-corrected chi connectivity index (χ4v) is 5.01. The van der Waals surface area contributed by atoms with Crippen molar-refractivity contribution in [2.24, 2.45) is 0 Å². The number of hydrogen-bond acceptors (Lipinski definition) is 5. The molecule has 2 aromatic carbocycles. The van der Waals surface area contributed by atoms with Crippen LogP contribution in [-0.4, -0.2) is 30.5 Å². The zero-order valence-corrected chi connectivity index (χ0v) is 20.3. The molecule has 0 spiro atoms. The molecule has 0 bridgehead atoms. The highest BCUT2D eigenvalue weighted by atomic mass is 32.2. The molecule has 0 saturated heterocycles. The largest absolute Gasteiger partial charge is 0.494 e. The molecule has 0 fully saturated rings. The van der Waals surface area contributed by atoms with Crippen molar-refractivity contribution in [1.29, 1.82) is 0 Å². The molecule has 0 aliphatic rings. The van der Waals surface area contributed by atoms with Crippen molar-refractivity contribution in [1.82, 2.24) is 15.0 Å². The molecule has 3 rings (SSSR count). The highest BCUT2D eigenvalue weighted by molar-refractivity contribution is 7.91. The Bertz CT molecular complexity index is 1200. The van der Waals surface area contributed by atoms with Crippen molar-refractivity contribution in [3.05, 3.63) is 58.8 Å². The standard InChI is InChI=1S/C24H31N3O3S/c1-15(2)20-14-22(30-8)21(13-16(20)3)27-17(4)23(25-26-27)31(28,29)19-11-9-18(10-12-19)24(5,6)7/h9-15H,1-8H3. The third kappa shape index (κ3) is 4.24. The highest BCUT2D eigenvalue weighted by Gasteiger charge is 2.27. The summed E-state index contributed by atoms with van der Waals surface area (Å²) in [6, 6.07) is 10.9. The smallest absolute Gasteiger partial charge is 0.227 e. The third-order valence-electron chi connectivity index (χ3n) is 5.56. The molecular weight excluding hydrogens is 410 g/mol. The van der Waals surface area contributed by atoms with Gasteiger partial charge in [-0.15, -0.1) is 5.10 Å². The Hall–Kier alpha value is -2.67. The maximum Gasteiger partial charge on any atom is 0.227 e. The number of rotatable bonds is 5. The molecule has 3 aromatic rings. The van der Waals surface area contributed by atoms with E-state index in [0.29, 0.717) is 23.0 Å². The van der Waals surface area contributed by atoms with E-state index in [1.807, 2.05) is 31.2 Å². The number of methoxy groups -OCH3 is 1. The number of sulfone groups is 1. The predicted octanol–water partition coefficient (Wildman–Crippen LogP) is 5.15. The van der Waals surface area contributed by atoms with Crippen LogP contribution in [-0.2, 0) is 15.3 Å². The summed E-state index contributed by atoms with van der Waals surface area (Å²) in [5.74, 6) is 0.965. The molecule has 0 aliphatic carbocycles. The van der Waals surface area contributed by atoms with Gasteiger partial charge in [-0.05, 0) is 66.1 Å². The molecule has 7 heteroatoms. The van der Waals surface area contributed by atoms with E-state index in [9.17, 15) is 8.42 Å². The monoisotopic (exact) mass is 441 g/mol. The fraction of sp³-hybridized carbons (Fsp3) is 0.417. The van der Waals surface area contributed by atoms with E-state index in [-0.39, 0.29) is 15.3 Å². The molecule has 6 nitrogen and oxygen atoms in total. The Kier molecular flexibility index (Phi) is 6.02. The lowest BCUT2D eigenvalue weighted by atomic mass is 9.87. The van der Waals surface area contributed by atoms with Gasteiger partial charge in [0.25, 0.3) is 0 Å². The summed E-state index contributed by atoms with van der Waals surface area (Å²) in [5, 5.41) is 8.16. The van der Waals surface area contributed by atoms with Gasteiger partial charge >= 0.3 is 0 Å². The maximum atomic E-state index is 13.3. The van der Waals surface area contributed by atoms with E-state index in [2.05, 4.69) is 44.9 Å². The van der Waals surface area contributed by atoms with Crippen molar-refractivity contribution in [3.63, 3.8) is 0 Å². The normalized spacial score (nSPS) is 12.4. The van der Waals surface area contributed by atoms with E-state index >= 15 is 0 Å². The predicted molar refractivity (Wildman–Crippen MR) is 122 cm³/mol. The Morgan fingerprint density at radius 3 is 2.16 bits per heavy atom. The first-order valence-electron chi connectivity index (χ1n) is 10.3. The van der Waals surface area contributed by atoms with Gasteiger partial charge in [0.2, 0.25) is 14.9 Å². The minimum Gasteiger partial charge on any atom is -0.494 e. The molecule has 0 amide bonds. The van der Waals surface area contributed by atoms with Crippen molar-refractivity contribution < 1.29 is 13.2 Å². The lowest BCUT2D eigenvalue weighted by molar-refractivity contribution is 0.410. The maximum absolute atomic E-state index is 13.3. The summed E-state index contributed by atoms with van der Waals surface area (Å²) in [6.45, 7) is 14.3.